The minimum Gasteiger partial charge on any atom is -0.497 e. The number of piperidine rings is 3. The van der Waals surface area contributed by atoms with Crippen LogP contribution in [0.1, 0.15) is 50.8 Å². The zero-order valence-corrected chi connectivity index (χ0v) is 23.7. The summed E-state index contributed by atoms with van der Waals surface area (Å²) in [7, 11) is 1.63. The van der Waals surface area contributed by atoms with E-state index < -0.39 is 11.5 Å². The van der Waals surface area contributed by atoms with Crippen molar-refractivity contribution in [2.75, 3.05) is 20.2 Å². The Bertz CT molecular complexity index is 1450. The number of benzene rings is 2. The zero-order valence-electron chi connectivity index (χ0n) is 23.7. The van der Waals surface area contributed by atoms with Gasteiger partial charge in [0.1, 0.15) is 18.3 Å². The summed E-state index contributed by atoms with van der Waals surface area (Å²) < 4.78 is 12.6. The second-order valence-corrected chi connectivity index (χ2v) is 12.3. The number of fused-ring (bicyclic) bond motifs is 4. The highest BCUT2D eigenvalue weighted by Crippen LogP contribution is 2.50. The smallest absolute Gasteiger partial charge is 0.312 e. The van der Waals surface area contributed by atoms with Crippen molar-refractivity contribution in [2.45, 2.75) is 52.3 Å². The zero-order chi connectivity index (χ0) is 28.7. The van der Waals surface area contributed by atoms with E-state index in [0.717, 1.165) is 42.4 Å². The van der Waals surface area contributed by atoms with Gasteiger partial charge >= 0.3 is 5.97 Å². The van der Waals surface area contributed by atoms with Gasteiger partial charge in [0.05, 0.1) is 41.6 Å². The number of hydrogen-bond acceptors (Lipinski definition) is 6. The van der Waals surface area contributed by atoms with Crippen LogP contribution in [0.25, 0.3) is 10.9 Å². The lowest BCUT2D eigenvalue weighted by Crippen LogP contribution is -2.68. The number of nitro benzene ring substituents is 1. The average Bonchev–Trinajstić information content (AvgIpc) is 2.94. The van der Waals surface area contributed by atoms with Crippen LogP contribution < -0.4 is 4.74 Å². The van der Waals surface area contributed by atoms with Crippen LogP contribution in [0, 0.1) is 27.4 Å². The van der Waals surface area contributed by atoms with E-state index in [4.69, 9.17) is 9.47 Å². The third-order valence-corrected chi connectivity index (χ3v) is 8.83. The van der Waals surface area contributed by atoms with Crippen molar-refractivity contribution in [2.24, 2.45) is 17.3 Å². The third kappa shape index (κ3) is 5.08. The molecule has 1 aromatic heterocycles. The lowest BCUT2D eigenvalue weighted by atomic mass is 9.71. The molecule has 8 nitrogen and oxygen atoms in total. The van der Waals surface area contributed by atoms with Crippen LogP contribution in [-0.4, -0.2) is 46.6 Å². The molecule has 40 heavy (non-hydrogen) atoms. The van der Waals surface area contributed by atoms with Crippen molar-refractivity contribution in [1.29, 1.82) is 0 Å². The van der Waals surface area contributed by atoms with Crippen LogP contribution >= 0.6 is 0 Å². The number of ether oxygens (including phenoxy) is 2. The monoisotopic (exact) mass is 544 g/mol. The van der Waals surface area contributed by atoms with Gasteiger partial charge in [-0.15, -0.1) is 6.58 Å². The van der Waals surface area contributed by atoms with Gasteiger partial charge in [0, 0.05) is 42.0 Å². The summed E-state index contributed by atoms with van der Waals surface area (Å²) in [4.78, 5) is 29.8. The Morgan fingerprint density at radius 2 is 2.02 bits per heavy atom. The molecule has 3 fully saturated rings. The molecule has 0 aliphatic carbocycles. The third-order valence-electron chi connectivity index (χ3n) is 8.83. The summed E-state index contributed by atoms with van der Waals surface area (Å²) in [6, 6.07) is 14.6. The Morgan fingerprint density at radius 1 is 1.25 bits per heavy atom. The van der Waals surface area contributed by atoms with E-state index in [-0.39, 0.29) is 22.6 Å². The van der Waals surface area contributed by atoms with Gasteiger partial charge in [-0.2, -0.15) is 0 Å². The lowest BCUT2D eigenvalue weighted by molar-refractivity contribution is -0.984. The van der Waals surface area contributed by atoms with Crippen molar-refractivity contribution in [1.82, 2.24) is 4.98 Å². The number of pyridine rings is 1. The average molecular weight is 545 g/mol. The maximum absolute atomic E-state index is 13.5. The number of carbonyl (C=O) groups is 1. The van der Waals surface area contributed by atoms with Crippen molar-refractivity contribution >= 4 is 22.6 Å². The Hall–Kier alpha value is -3.78. The summed E-state index contributed by atoms with van der Waals surface area (Å²) >= 11 is 0. The highest BCUT2D eigenvalue weighted by Gasteiger charge is 2.56. The lowest BCUT2D eigenvalue weighted by Gasteiger charge is -2.58. The van der Waals surface area contributed by atoms with Crippen molar-refractivity contribution < 1.29 is 23.7 Å². The molecule has 0 N–H and O–H groups in total. The number of nitrogens with zero attached hydrogens (tertiary/aromatic N) is 3. The number of esters is 1. The molecule has 6 rings (SSSR count). The normalized spacial score (nSPS) is 24.9. The number of aromatic nitrogens is 1. The molecule has 4 heterocycles. The Labute approximate surface area is 235 Å². The van der Waals surface area contributed by atoms with Gasteiger partial charge < -0.3 is 14.0 Å². The number of carbonyl (C=O) groups excluding carboxylic acids is 1. The van der Waals surface area contributed by atoms with E-state index in [2.05, 4.69) is 11.6 Å². The molecule has 2 bridgehead atoms. The molecule has 1 unspecified atom stereocenters. The standard InChI is InChI=1S/C32H38N3O5/c1-6-21-19-35(20-23-9-7-8-10-28(23)34(37)38)16-14-22(21)17-29(35)30(40-31(36)32(2,3)4)25-13-15-33-27-12-11-24(39-5)18-26(25)27/h6-13,15,18,21-22,29-30H,1,14,16-17,19-20H2,2-5H3/q+1/t21-,22-,29-,30+,35?/m0/s1. The van der Waals surface area contributed by atoms with Crippen LogP contribution in [0.5, 0.6) is 5.75 Å². The quantitative estimate of drug-likeness (QED) is 0.107. The molecule has 210 valence electrons. The first-order chi connectivity index (χ1) is 19.1. The molecule has 3 saturated heterocycles. The maximum Gasteiger partial charge on any atom is 0.312 e. The molecular formula is C32H38N3O5+. The van der Waals surface area contributed by atoms with E-state index in [9.17, 15) is 14.9 Å². The predicted octanol–water partition coefficient (Wildman–Crippen LogP) is 6.39. The van der Waals surface area contributed by atoms with Crippen LogP contribution in [0.4, 0.5) is 5.69 Å². The van der Waals surface area contributed by atoms with Crippen LogP contribution in [0.3, 0.4) is 0 Å². The molecule has 0 amide bonds. The van der Waals surface area contributed by atoms with E-state index in [1.165, 1.54) is 0 Å². The summed E-state index contributed by atoms with van der Waals surface area (Å²) in [5.74, 6) is 1.12. The molecule has 8 heteroatoms. The van der Waals surface area contributed by atoms with Gasteiger partial charge in [-0.25, -0.2) is 0 Å². The van der Waals surface area contributed by atoms with E-state index in [0.29, 0.717) is 34.2 Å². The van der Waals surface area contributed by atoms with Crippen LogP contribution in [0.2, 0.25) is 0 Å². The van der Waals surface area contributed by atoms with Crippen molar-refractivity contribution in [3.63, 3.8) is 0 Å². The molecule has 3 aromatic rings. The fourth-order valence-electron chi connectivity index (χ4n) is 6.69. The number of nitro groups is 1. The number of rotatable bonds is 8. The molecule has 2 aromatic carbocycles. The number of hydrogen-bond donors (Lipinski definition) is 0. The summed E-state index contributed by atoms with van der Waals surface area (Å²) in [6.45, 7) is 11.8. The number of para-hydroxylation sites is 1. The molecular weight excluding hydrogens is 506 g/mol. The predicted molar refractivity (Wildman–Crippen MR) is 154 cm³/mol. The van der Waals surface area contributed by atoms with Crippen LogP contribution in [-0.2, 0) is 16.1 Å². The van der Waals surface area contributed by atoms with Gasteiger partial charge in [0.2, 0.25) is 0 Å². The van der Waals surface area contributed by atoms with Gasteiger partial charge in [-0.3, -0.25) is 19.9 Å². The number of quaternary nitrogens is 1. The fourth-order valence-corrected chi connectivity index (χ4v) is 6.69. The SMILES string of the molecule is C=C[C@H]1C[N+]2(Cc3ccccc3[N+](=O)[O-])CC[C@H]1C[C@H]2[C@H](OC(=O)C(C)(C)C)c1ccnc2ccc(OC)cc12. The molecule has 3 aliphatic heterocycles. The van der Waals surface area contributed by atoms with Gasteiger partial charge in [-0.1, -0.05) is 18.2 Å². The maximum atomic E-state index is 13.5. The Balaban J connectivity index is 1.68. The highest BCUT2D eigenvalue weighted by molar-refractivity contribution is 5.84. The highest BCUT2D eigenvalue weighted by atomic mass is 16.6. The minimum absolute atomic E-state index is 0.0992. The first-order valence-corrected chi connectivity index (χ1v) is 13.9. The molecule has 0 saturated carbocycles. The summed E-state index contributed by atoms with van der Waals surface area (Å²) in [5.41, 5.74) is 1.80. The second-order valence-electron chi connectivity index (χ2n) is 12.3. The van der Waals surface area contributed by atoms with E-state index >= 15 is 0 Å². The fraction of sp³-hybridized carbons (Fsp3) is 0.438. The summed E-state index contributed by atoms with van der Waals surface area (Å²) in [5, 5.41) is 12.9. The molecule has 5 atom stereocenters. The van der Waals surface area contributed by atoms with E-state index in [1.54, 1.807) is 25.4 Å². The Morgan fingerprint density at radius 3 is 2.73 bits per heavy atom. The summed E-state index contributed by atoms with van der Waals surface area (Å²) in [6.07, 6.45) is 5.05. The molecule has 0 spiro atoms. The topological polar surface area (TPSA) is 91.6 Å². The van der Waals surface area contributed by atoms with E-state index in [1.807, 2.05) is 63.2 Å². The van der Waals surface area contributed by atoms with Gasteiger partial charge in [0.25, 0.3) is 5.69 Å². The second kappa shape index (κ2) is 10.7. The molecule has 3 aliphatic rings. The van der Waals surface area contributed by atoms with Crippen molar-refractivity contribution in [3.05, 3.63) is 88.6 Å². The molecule has 0 radical (unpaired) electrons. The first-order valence-electron chi connectivity index (χ1n) is 13.9. The first kappa shape index (κ1) is 27.8. The minimum atomic E-state index is -0.700. The van der Waals surface area contributed by atoms with Crippen LogP contribution in [0.15, 0.2) is 67.4 Å². The largest absolute Gasteiger partial charge is 0.497 e. The van der Waals surface area contributed by atoms with Gasteiger partial charge in [0.15, 0.2) is 6.10 Å². The van der Waals surface area contributed by atoms with Gasteiger partial charge in [-0.05, 0) is 57.0 Å². The van der Waals surface area contributed by atoms with Crippen molar-refractivity contribution in [3.8, 4) is 5.75 Å². The Kier molecular flexibility index (Phi) is 7.40. The number of methoxy groups -OCH3 is 1.